The molecule has 4 rings (SSSR count). The molecule has 1 heterocycles. The molecule has 1 aliphatic heterocycles. The summed E-state index contributed by atoms with van der Waals surface area (Å²) in [6.45, 7) is 13.3. The van der Waals surface area contributed by atoms with Gasteiger partial charge >= 0.3 is 7.12 Å². The average Bonchev–Trinajstić information content (AvgIpc) is 3.04. The highest BCUT2D eigenvalue weighted by Gasteiger charge is 2.54. The maximum Gasteiger partial charge on any atom is 0.495 e. The van der Waals surface area contributed by atoms with E-state index in [1.807, 2.05) is 12.1 Å². The Morgan fingerprint density at radius 2 is 1.26 bits per heavy atom. The molecule has 3 aromatic rings. The van der Waals surface area contributed by atoms with Crippen LogP contribution < -0.4 is 9.92 Å². The topological polar surface area (TPSA) is 27.7 Å². The molecule has 5 heteroatoms. The lowest BCUT2D eigenvalue weighted by Gasteiger charge is -2.32. The Morgan fingerprint density at radius 1 is 0.735 bits per heavy atom. The van der Waals surface area contributed by atoms with Gasteiger partial charge in [0.15, 0.2) is 0 Å². The highest BCUT2D eigenvalue weighted by molar-refractivity contribution is 7.07. The molecule has 34 heavy (non-hydrogen) atoms. The van der Waals surface area contributed by atoms with Crippen LogP contribution in [0, 0.1) is 0 Å². The fourth-order valence-corrected chi connectivity index (χ4v) is 7.75. The van der Waals surface area contributed by atoms with E-state index in [-0.39, 0.29) is 0 Å². The monoisotopic (exact) mass is 470 g/mol. The molecule has 0 unspecified atom stereocenters. The lowest BCUT2D eigenvalue weighted by molar-refractivity contribution is 0.00578. The van der Waals surface area contributed by atoms with Crippen LogP contribution in [0.3, 0.4) is 0 Å². The summed E-state index contributed by atoms with van der Waals surface area (Å²) >= 11 is 0. The van der Waals surface area contributed by atoms with Crippen LogP contribution >= 0.6 is 0 Å². The smallest absolute Gasteiger partial charge is 0.495 e. The second-order valence-corrected chi connectivity index (χ2v) is 14.8. The molecular weight excluding hydrogens is 435 g/mol. The van der Waals surface area contributed by atoms with Crippen molar-refractivity contribution in [2.75, 3.05) is 7.11 Å². The van der Waals surface area contributed by atoms with Crippen molar-refractivity contribution in [1.82, 2.24) is 0 Å². The molecule has 0 atom stereocenters. The summed E-state index contributed by atoms with van der Waals surface area (Å²) in [5, 5.41) is 2.68. The normalized spacial score (nSPS) is 17.9. The quantitative estimate of drug-likeness (QED) is 0.309. The summed E-state index contributed by atoms with van der Waals surface area (Å²) in [6.07, 6.45) is 0. The van der Waals surface area contributed by atoms with Gasteiger partial charge in [-0.15, -0.1) is 0 Å². The number of ether oxygens (including phenoxy) is 1. The predicted octanol–water partition coefficient (Wildman–Crippen LogP) is 6.39. The van der Waals surface area contributed by atoms with Gasteiger partial charge in [0.1, 0.15) is 13.8 Å². The number of benzene rings is 3. The van der Waals surface area contributed by atoms with Gasteiger partial charge in [0.05, 0.1) is 18.3 Å². The standard InChI is InChI=1S/C29H35BO3Si/c1-28(2)29(3,4)33-30(32-28)26(23-17-14-18-24(21-23)31-5)27(22-15-10-8-11-16-22)34(6,7)25-19-12-9-13-20-25/h8-21H,1-7H3/b27-26-. The molecule has 0 aromatic heterocycles. The van der Waals surface area contributed by atoms with Gasteiger partial charge in [-0.25, -0.2) is 0 Å². The Kier molecular flexibility index (Phi) is 6.65. The summed E-state index contributed by atoms with van der Waals surface area (Å²) in [5.41, 5.74) is 2.47. The van der Waals surface area contributed by atoms with Crippen molar-refractivity contribution in [3.05, 3.63) is 96.1 Å². The van der Waals surface area contributed by atoms with Crippen LogP contribution in [0.2, 0.25) is 13.1 Å². The lowest BCUT2D eigenvalue weighted by atomic mass is 9.72. The van der Waals surface area contributed by atoms with Crippen molar-refractivity contribution in [3.63, 3.8) is 0 Å². The van der Waals surface area contributed by atoms with Gasteiger partial charge in [0.2, 0.25) is 0 Å². The van der Waals surface area contributed by atoms with E-state index < -0.39 is 26.4 Å². The Hall–Kier alpha value is -2.60. The second kappa shape index (κ2) is 9.22. The van der Waals surface area contributed by atoms with Crippen molar-refractivity contribution in [2.45, 2.75) is 52.0 Å². The molecule has 0 bridgehead atoms. The Morgan fingerprint density at radius 3 is 1.82 bits per heavy atom. The fourth-order valence-electron chi connectivity index (χ4n) is 4.61. The number of hydrogen-bond acceptors (Lipinski definition) is 3. The van der Waals surface area contributed by atoms with E-state index in [0.717, 1.165) is 16.8 Å². The van der Waals surface area contributed by atoms with Gasteiger partial charge < -0.3 is 14.0 Å². The molecule has 0 radical (unpaired) electrons. The number of hydrogen-bond donors (Lipinski definition) is 0. The van der Waals surface area contributed by atoms with E-state index >= 15 is 0 Å². The van der Waals surface area contributed by atoms with Crippen LogP contribution in [-0.4, -0.2) is 33.5 Å². The third-order valence-corrected chi connectivity index (χ3v) is 10.9. The molecule has 0 N–H and O–H groups in total. The molecule has 1 aliphatic rings. The van der Waals surface area contributed by atoms with E-state index in [1.165, 1.54) is 15.9 Å². The molecule has 0 aliphatic carbocycles. The van der Waals surface area contributed by atoms with E-state index in [1.54, 1.807) is 7.11 Å². The summed E-state index contributed by atoms with van der Waals surface area (Å²) in [5.74, 6) is 0.818. The van der Waals surface area contributed by atoms with Crippen LogP contribution in [0.5, 0.6) is 5.75 Å². The van der Waals surface area contributed by atoms with Crippen molar-refractivity contribution < 1.29 is 14.0 Å². The van der Waals surface area contributed by atoms with E-state index in [4.69, 9.17) is 14.0 Å². The Labute approximate surface area is 205 Å². The minimum atomic E-state index is -2.20. The highest BCUT2D eigenvalue weighted by Crippen LogP contribution is 2.44. The van der Waals surface area contributed by atoms with Crippen LogP contribution in [0.15, 0.2) is 84.9 Å². The van der Waals surface area contributed by atoms with E-state index in [2.05, 4.69) is 114 Å². The van der Waals surface area contributed by atoms with Crippen LogP contribution in [0.4, 0.5) is 0 Å². The second-order valence-electron chi connectivity index (χ2n) is 10.5. The first-order chi connectivity index (χ1) is 16.1. The minimum absolute atomic E-state index is 0.442. The van der Waals surface area contributed by atoms with Gasteiger partial charge in [0, 0.05) is 0 Å². The van der Waals surface area contributed by atoms with Gasteiger partial charge in [-0.2, -0.15) is 0 Å². The summed E-state index contributed by atoms with van der Waals surface area (Å²) < 4.78 is 19.0. The van der Waals surface area contributed by atoms with E-state index in [0.29, 0.717) is 0 Å². The fraction of sp³-hybridized carbons (Fsp3) is 0.310. The molecule has 1 fully saturated rings. The van der Waals surface area contributed by atoms with Crippen molar-refractivity contribution in [1.29, 1.82) is 0 Å². The van der Waals surface area contributed by atoms with Gasteiger partial charge in [-0.05, 0) is 61.6 Å². The Balaban J connectivity index is 2.06. The first-order valence-electron chi connectivity index (χ1n) is 11.9. The Bertz CT molecular complexity index is 1150. The van der Waals surface area contributed by atoms with Gasteiger partial charge in [-0.3, -0.25) is 0 Å². The average molecular weight is 470 g/mol. The number of rotatable bonds is 6. The van der Waals surface area contributed by atoms with Crippen LogP contribution in [0.1, 0.15) is 38.8 Å². The third-order valence-electron chi connectivity index (χ3n) is 7.32. The van der Waals surface area contributed by atoms with E-state index in [9.17, 15) is 0 Å². The first-order valence-corrected chi connectivity index (χ1v) is 14.9. The molecule has 0 amide bonds. The molecule has 3 nitrogen and oxygen atoms in total. The zero-order valence-electron chi connectivity index (χ0n) is 21.4. The van der Waals surface area contributed by atoms with Gasteiger partial charge in [0.25, 0.3) is 0 Å². The molecule has 0 spiro atoms. The minimum Gasteiger partial charge on any atom is -0.497 e. The molecule has 3 aromatic carbocycles. The molecule has 176 valence electrons. The predicted molar refractivity (Wildman–Crippen MR) is 146 cm³/mol. The molecule has 0 saturated carbocycles. The van der Waals surface area contributed by atoms with Crippen molar-refractivity contribution in [2.24, 2.45) is 0 Å². The van der Waals surface area contributed by atoms with Crippen LogP contribution in [0.25, 0.3) is 10.7 Å². The van der Waals surface area contributed by atoms with Crippen molar-refractivity contribution in [3.8, 4) is 5.75 Å². The lowest BCUT2D eigenvalue weighted by Crippen LogP contribution is -2.44. The summed E-state index contributed by atoms with van der Waals surface area (Å²) in [7, 11) is -0.996. The zero-order chi connectivity index (χ0) is 24.6. The summed E-state index contributed by atoms with van der Waals surface area (Å²) in [6, 6.07) is 29.8. The van der Waals surface area contributed by atoms with Gasteiger partial charge in [-0.1, -0.05) is 91.1 Å². The first kappa shape index (κ1) is 24.5. The zero-order valence-corrected chi connectivity index (χ0v) is 22.4. The largest absolute Gasteiger partial charge is 0.497 e. The van der Waals surface area contributed by atoms with Crippen molar-refractivity contribution >= 4 is 31.0 Å². The third kappa shape index (κ3) is 4.52. The van der Waals surface area contributed by atoms with Crippen LogP contribution in [-0.2, 0) is 9.31 Å². The SMILES string of the molecule is COc1cccc(/C(B2OC(C)(C)C(C)(C)O2)=C(\c2ccccc2)[Si](C)(C)c2ccccc2)c1. The molecular formula is C29H35BO3Si. The maximum atomic E-state index is 6.69. The highest BCUT2D eigenvalue weighted by atomic mass is 28.3. The maximum absolute atomic E-state index is 6.69. The summed E-state index contributed by atoms with van der Waals surface area (Å²) in [4.78, 5) is 0. The molecule has 1 saturated heterocycles. The number of methoxy groups -OCH3 is 1.